The van der Waals surface area contributed by atoms with Crippen molar-refractivity contribution >= 4 is 51.5 Å². The minimum absolute atomic E-state index is 0.0601. The second-order valence-corrected chi connectivity index (χ2v) is 8.63. The fraction of sp³-hybridized carbons (Fsp3) is 0.269. The minimum atomic E-state index is -0.383. The summed E-state index contributed by atoms with van der Waals surface area (Å²) in [4.78, 5) is 32.2. The Morgan fingerprint density at radius 1 is 1.12 bits per heavy atom. The number of aliphatic imine (C=N–C) groups is 1. The van der Waals surface area contributed by atoms with E-state index in [9.17, 15) is 9.59 Å². The number of carbonyl (C=O) groups is 2. The maximum Gasteiger partial charge on any atom is 0.338 e. The summed E-state index contributed by atoms with van der Waals surface area (Å²) in [6.45, 7) is 7.61. The van der Waals surface area contributed by atoms with E-state index < -0.39 is 0 Å². The third kappa shape index (κ3) is 4.73. The standard InChI is InChI=1S/C26H27N3O3S/c1-4-14-28-17-19(21-12-7-8-13-22(21)28)16-23-24(30)29(5-2)26(33-23)27-20-11-9-10-18(15-20)25(31)32-6-3/h7-13,15-17H,4-6,14H2,1-3H3. The molecule has 2 aromatic carbocycles. The van der Waals surface area contributed by atoms with Crippen LogP contribution in [0.15, 0.2) is 64.6 Å². The molecule has 3 aromatic rings. The molecule has 0 unspecified atom stereocenters. The highest BCUT2D eigenvalue weighted by Crippen LogP contribution is 2.35. The summed E-state index contributed by atoms with van der Waals surface area (Å²) in [5, 5.41) is 1.73. The van der Waals surface area contributed by atoms with Crippen molar-refractivity contribution in [3.63, 3.8) is 0 Å². The number of thioether (sulfide) groups is 1. The van der Waals surface area contributed by atoms with Crippen LogP contribution in [0.5, 0.6) is 0 Å². The molecule has 1 aliphatic rings. The largest absolute Gasteiger partial charge is 0.462 e. The van der Waals surface area contributed by atoms with E-state index in [-0.39, 0.29) is 11.9 Å². The van der Waals surface area contributed by atoms with E-state index in [1.807, 2.05) is 31.2 Å². The highest BCUT2D eigenvalue weighted by atomic mass is 32.2. The molecular formula is C26H27N3O3S. The van der Waals surface area contributed by atoms with E-state index in [4.69, 9.17) is 4.74 Å². The van der Waals surface area contributed by atoms with Gasteiger partial charge in [0.1, 0.15) is 0 Å². The Kier molecular flexibility index (Phi) is 6.99. The Morgan fingerprint density at radius 3 is 2.70 bits per heavy atom. The van der Waals surface area contributed by atoms with Gasteiger partial charge in [0.15, 0.2) is 5.17 Å². The number of amides is 1. The van der Waals surface area contributed by atoms with Crippen LogP contribution in [0.25, 0.3) is 17.0 Å². The number of likely N-dealkylation sites (N-methyl/N-ethyl adjacent to an activating group) is 1. The van der Waals surface area contributed by atoms with E-state index in [0.717, 1.165) is 23.9 Å². The number of ether oxygens (including phenoxy) is 1. The lowest BCUT2D eigenvalue weighted by molar-refractivity contribution is -0.122. The molecule has 1 aromatic heterocycles. The van der Waals surface area contributed by atoms with Crippen molar-refractivity contribution in [1.82, 2.24) is 9.47 Å². The van der Waals surface area contributed by atoms with Crippen molar-refractivity contribution in [2.45, 2.75) is 33.7 Å². The number of fused-ring (bicyclic) bond motifs is 1. The van der Waals surface area contributed by atoms with Gasteiger partial charge in [-0.3, -0.25) is 9.69 Å². The van der Waals surface area contributed by atoms with Gasteiger partial charge in [0.2, 0.25) is 0 Å². The summed E-state index contributed by atoms with van der Waals surface area (Å²) in [5.41, 5.74) is 3.24. The number of carbonyl (C=O) groups excluding carboxylic acids is 2. The number of rotatable bonds is 7. The van der Waals surface area contributed by atoms with E-state index in [0.29, 0.717) is 34.5 Å². The average Bonchev–Trinajstić information content (AvgIpc) is 3.31. The van der Waals surface area contributed by atoms with Crippen LogP contribution in [-0.2, 0) is 16.1 Å². The van der Waals surface area contributed by atoms with Crippen molar-refractivity contribution in [2.75, 3.05) is 13.2 Å². The zero-order chi connectivity index (χ0) is 23.4. The van der Waals surface area contributed by atoms with Gasteiger partial charge in [0, 0.05) is 35.8 Å². The zero-order valence-electron chi connectivity index (χ0n) is 19.1. The number of nitrogens with zero attached hydrogens (tertiary/aromatic N) is 3. The third-order valence-electron chi connectivity index (χ3n) is 5.36. The van der Waals surface area contributed by atoms with Gasteiger partial charge < -0.3 is 9.30 Å². The van der Waals surface area contributed by atoms with Crippen LogP contribution in [0.4, 0.5) is 5.69 Å². The highest BCUT2D eigenvalue weighted by molar-refractivity contribution is 8.18. The molecule has 0 N–H and O–H groups in total. The van der Waals surface area contributed by atoms with Gasteiger partial charge in [-0.1, -0.05) is 31.2 Å². The molecule has 7 heteroatoms. The van der Waals surface area contributed by atoms with E-state index >= 15 is 0 Å². The molecule has 0 radical (unpaired) electrons. The van der Waals surface area contributed by atoms with Gasteiger partial charge in [-0.05, 0) is 62.4 Å². The third-order valence-corrected chi connectivity index (χ3v) is 6.36. The summed E-state index contributed by atoms with van der Waals surface area (Å²) < 4.78 is 7.32. The molecule has 0 atom stereocenters. The van der Waals surface area contributed by atoms with Gasteiger partial charge in [0.05, 0.1) is 22.8 Å². The summed E-state index contributed by atoms with van der Waals surface area (Å²) in [5.74, 6) is -0.443. The van der Waals surface area contributed by atoms with Gasteiger partial charge >= 0.3 is 5.97 Å². The predicted octanol–water partition coefficient (Wildman–Crippen LogP) is 5.85. The molecule has 33 heavy (non-hydrogen) atoms. The number of esters is 1. The van der Waals surface area contributed by atoms with Crippen LogP contribution in [0, 0.1) is 0 Å². The molecule has 4 rings (SSSR count). The number of amidine groups is 1. The Balaban J connectivity index is 1.68. The molecule has 1 saturated heterocycles. The first-order valence-corrected chi connectivity index (χ1v) is 12.0. The van der Waals surface area contributed by atoms with E-state index in [2.05, 4.69) is 34.8 Å². The van der Waals surface area contributed by atoms with Crippen LogP contribution in [0.2, 0.25) is 0 Å². The molecule has 170 valence electrons. The maximum absolute atomic E-state index is 13.1. The van der Waals surface area contributed by atoms with E-state index in [1.165, 1.54) is 17.3 Å². The second-order valence-electron chi connectivity index (χ2n) is 7.62. The average molecular weight is 462 g/mol. The lowest BCUT2D eigenvalue weighted by Gasteiger charge is -2.12. The predicted molar refractivity (Wildman–Crippen MR) is 135 cm³/mol. The molecule has 1 amide bonds. The minimum Gasteiger partial charge on any atom is -0.462 e. The van der Waals surface area contributed by atoms with Crippen molar-refractivity contribution in [2.24, 2.45) is 4.99 Å². The van der Waals surface area contributed by atoms with Gasteiger partial charge in [0.25, 0.3) is 5.91 Å². The molecule has 0 bridgehead atoms. The van der Waals surface area contributed by atoms with Gasteiger partial charge in [-0.25, -0.2) is 9.79 Å². The smallest absolute Gasteiger partial charge is 0.338 e. The van der Waals surface area contributed by atoms with Gasteiger partial charge in [-0.2, -0.15) is 0 Å². The SMILES string of the molecule is CCCn1cc(C=C2SC(=Nc3cccc(C(=O)OCC)c3)N(CC)C2=O)c2ccccc21. The summed E-state index contributed by atoms with van der Waals surface area (Å²) in [7, 11) is 0. The molecular weight excluding hydrogens is 434 g/mol. The molecule has 1 fully saturated rings. The Labute approximate surface area is 197 Å². The number of para-hydroxylation sites is 1. The van der Waals surface area contributed by atoms with Crippen LogP contribution < -0.4 is 0 Å². The quantitative estimate of drug-likeness (QED) is 0.327. The van der Waals surface area contributed by atoms with Crippen molar-refractivity contribution in [3.8, 4) is 0 Å². The van der Waals surface area contributed by atoms with Gasteiger partial charge in [-0.15, -0.1) is 0 Å². The fourth-order valence-corrected chi connectivity index (χ4v) is 4.91. The Bertz CT molecular complexity index is 1260. The maximum atomic E-state index is 13.1. The molecule has 0 aliphatic carbocycles. The molecule has 1 aliphatic heterocycles. The first kappa shape index (κ1) is 22.9. The molecule has 0 saturated carbocycles. The second kappa shape index (κ2) is 10.1. The van der Waals surface area contributed by atoms with Crippen molar-refractivity contribution in [3.05, 3.63) is 70.8 Å². The summed E-state index contributed by atoms with van der Waals surface area (Å²) in [6.07, 6.45) is 5.11. The van der Waals surface area contributed by atoms with Crippen LogP contribution >= 0.6 is 11.8 Å². The van der Waals surface area contributed by atoms with Crippen molar-refractivity contribution < 1.29 is 14.3 Å². The molecule has 2 heterocycles. The van der Waals surface area contributed by atoms with Crippen LogP contribution in [-0.4, -0.2) is 39.7 Å². The lowest BCUT2D eigenvalue weighted by Crippen LogP contribution is -2.28. The van der Waals surface area contributed by atoms with E-state index in [1.54, 1.807) is 30.0 Å². The molecule has 0 spiro atoms. The van der Waals surface area contributed by atoms with Crippen LogP contribution in [0.3, 0.4) is 0 Å². The summed E-state index contributed by atoms with van der Waals surface area (Å²) >= 11 is 1.36. The summed E-state index contributed by atoms with van der Waals surface area (Å²) in [6, 6.07) is 15.2. The number of aromatic nitrogens is 1. The molecule has 6 nitrogen and oxygen atoms in total. The number of hydrogen-bond acceptors (Lipinski definition) is 5. The van der Waals surface area contributed by atoms with Crippen LogP contribution in [0.1, 0.15) is 43.1 Å². The Morgan fingerprint density at radius 2 is 1.94 bits per heavy atom. The first-order chi connectivity index (χ1) is 16.0. The first-order valence-electron chi connectivity index (χ1n) is 11.2. The van der Waals surface area contributed by atoms with Crippen molar-refractivity contribution in [1.29, 1.82) is 0 Å². The monoisotopic (exact) mass is 461 g/mol. The topological polar surface area (TPSA) is 63.9 Å². The Hall–Kier alpha value is -3.32. The lowest BCUT2D eigenvalue weighted by atomic mass is 10.1. The normalized spacial score (nSPS) is 16.3. The number of benzene rings is 2. The fourth-order valence-electron chi connectivity index (χ4n) is 3.85. The number of hydrogen-bond donors (Lipinski definition) is 0. The highest BCUT2D eigenvalue weighted by Gasteiger charge is 2.32. The number of aryl methyl sites for hydroxylation is 1. The zero-order valence-corrected chi connectivity index (χ0v) is 19.9.